The highest BCUT2D eigenvalue weighted by Gasteiger charge is 2.33. The standard InChI is InChI=1S/C19H33NO7/c1-6-18(3,25-12-13-26-19(4,7-2)14-24-5)11-10-17(23)27-20-15(21)8-9-16(20)22/h6-14H2,1-5H3. The number of hydrogen-bond donors (Lipinski definition) is 0. The Morgan fingerprint density at radius 1 is 1.00 bits per heavy atom. The fourth-order valence-electron chi connectivity index (χ4n) is 2.65. The highest BCUT2D eigenvalue weighted by molar-refractivity contribution is 6.01. The SMILES string of the molecule is CCC(C)(CCC(=O)ON1C(=O)CCC1=O)OCCOC(C)(CC)COC. The maximum atomic E-state index is 12.0. The summed E-state index contributed by atoms with van der Waals surface area (Å²) >= 11 is 0. The first-order chi connectivity index (χ1) is 12.7. The van der Waals surface area contributed by atoms with Crippen molar-refractivity contribution in [2.24, 2.45) is 0 Å². The van der Waals surface area contributed by atoms with Crippen LogP contribution in [0.5, 0.6) is 0 Å². The molecule has 2 atom stereocenters. The lowest BCUT2D eigenvalue weighted by Crippen LogP contribution is -2.37. The van der Waals surface area contributed by atoms with Gasteiger partial charge in [-0.25, -0.2) is 4.79 Å². The van der Waals surface area contributed by atoms with E-state index in [2.05, 4.69) is 0 Å². The van der Waals surface area contributed by atoms with E-state index in [1.807, 2.05) is 27.7 Å². The molecule has 8 nitrogen and oxygen atoms in total. The molecule has 1 aliphatic rings. The summed E-state index contributed by atoms with van der Waals surface area (Å²) in [5, 5.41) is 0.571. The molecule has 0 aliphatic carbocycles. The Labute approximate surface area is 161 Å². The summed E-state index contributed by atoms with van der Waals surface area (Å²) in [7, 11) is 1.64. The van der Waals surface area contributed by atoms with Gasteiger partial charge in [-0.3, -0.25) is 9.59 Å². The van der Waals surface area contributed by atoms with Crippen LogP contribution in [0.4, 0.5) is 0 Å². The Morgan fingerprint density at radius 2 is 1.52 bits per heavy atom. The number of methoxy groups -OCH3 is 1. The summed E-state index contributed by atoms with van der Waals surface area (Å²) < 4.78 is 17.0. The fourth-order valence-corrected chi connectivity index (χ4v) is 2.65. The smallest absolute Gasteiger partial charge is 0.333 e. The third-order valence-corrected chi connectivity index (χ3v) is 4.99. The van der Waals surface area contributed by atoms with Gasteiger partial charge in [0.25, 0.3) is 11.8 Å². The van der Waals surface area contributed by atoms with Crippen LogP contribution in [0.3, 0.4) is 0 Å². The lowest BCUT2D eigenvalue weighted by atomic mass is 9.97. The van der Waals surface area contributed by atoms with Crippen molar-refractivity contribution >= 4 is 17.8 Å². The molecule has 0 bridgehead atoms. The number of carbonyl (C=O) groups is 3. The van der Waals surface area contributed by atoms with Crippen molar-refractivity contribution < 1.29 is 33.4 Å². The number of carbonyl (C=O) groups excluding carboxylic acids is 3. The average Bonchev–Trinajstić information content (AvgIpc) is 2.96. The van der Waals surface area contributed by atoms with Crippen LogP contribution < -0.4 is 0 Å². The molecular formula is C19H33NO7. The maximum absolute atomic E-state index is 12.0. The zero-order chi connectivity index (χ0) is 20.5. The number of rotatable bonds is 13. The van der Waals surface area contributed by atoms with Crippen molar-refractivity contribution in [1.82, 2.24) is 5.06 Å². The van der Waals surface area contributed by atoms with Gasteiger partial charge in [-0.1, -0.05) is 13.8 Å². The quantitative estimate of drug-likeness (QED) is 0.354. The molecule has 0 radical (unpaired) electrons. The van der Waals surface area contributed by atoms with Gasteiger partial charge in [0.15, 0.2) is 0 Å². The highest BCUT2D eigenvalue weighted by Crippen LogP contribution is 2.23. The van der Waals surface area contributed by atoms with Crippen molar-refractivity contribution in [2.75, 3.05) is 26.9 Å². The van der Waals surface area contributed by atoms with E-state index in [0.29, 0.717) is 37.7 Å². The zero-order valence-electron chi connectivity index (χ0n) is 17.2. The van der Waals surface area contributed by atoms with Gasteiger partial charge >= 0.3 is 5.97 Å². The molecule has 1 fully saturated rings. The topological polar surface area (TPSA) is 91.4 Å². The van der Waals surface area contributed by atoms with Crippen LogP contribution in [0, 0.1) is 0 Å². The molecule has 2 unspecified atom stereocenters. The molecule has 1 saturated heterocycles. The first kappa shape index (κ1) is 23.5. The average molecular weight is 387 g/mol. The Kier molecular flexibility index (Phi) is 9.35. The Bertz CT molecular complexity index is 508. The fraction of sp³-hybridized carbons (Fsp3) is 0.842. The van der Waals surface area contributed by atoms with E-state index in [0.717, 1.165) is 6.42 Å². The van der Waals surface area contributed by atoms with Crippen LogP contribution >= 0.6 is 0 Å². The third kappa shape index (κ3) is 7.56. The van der Waals surface area contributed by atoms with E-state index in [-0.39, 0.29) is 24.9 Å². The van der Waals surface area contributed by atoms with Gasteiger partial charge in [-0.15, -0.1) is 5.06 Å². The lowest BCUT2D eigenvalue weighted by Gasteiger charge is -2.31. The van der Waals surface area contributed by atoms with Gasteiger partial charge in [0.05, 0.1) is 37.4 Å². The monoisotopic (exact) mass is 387 g/mol. The minimum atomic E-state index is -0.614. The number of hydroxylamine groups is 2. The van der Waals surface area contributed by atoms with Gasteiger partial charge in [0, 0.05) is 20.0 Å². The number of nitrogens with zero attached hydrogens (tertiary/aromatic N) is 1. The molecule has 0 N–H and O–H groups in total. The summed E-state index contributed by atoms with van der Waals surface area (Å²) in [5.41, 5.74) is -0.870. The maximum Gasteiger partial charge on any atom is 0.333 e. The first-order valence-corrected chi connectivity index (χ1v) is 9.52. The van der Waals surface area contributed by atoms with Crippen LogP contribution in [0.15, 0.2) is 0 Å². The van der Waals surface area contributed by atoms with Crippen LogP contribution in [-0.4, -0.2) is 61.0 Å². The Hall–Kier alpha value is -1.51. The third-order valence-electron chi connectivity index (χ3n) is 4.99. The molecule has 27 heavy (non-hydrogen) atoms. The minimum absolute atomic E-state index is 0.0542. The van der Waals surface area contributed by atoms with Crippen LogP contribution in [-0.2, 0) is 33.4 Å². The number of ether oxygens (including phenoxy) is 3. The molecule has 0 aromatic rings. The van der Waals surface area contributed by atoms with E-state index in [1.165, 1.54) is 0 Å². The molecule has 1 aliphatic heterocycles. The van der Waals surface area contributed by atoms with Crippen molar-refractivity contribution in [3.63, 3.8) is 0 Å². The van der Waals surface area contributed by atoms with Gasteiger partial charge < -0.3 is 19.0 Å². The molecule has 1 rings (SSSR count). The normalized spacial score (nSPS) is 19.1. The van der Waals surface area contributed by atoms with Crippen LogP contribution in [0.2, 0.25) is 0 Å². The largest absolute Gasteiger partial charge is 0.382 e. The van der Waals surface area contributed by atoms with Crippen molar-refractivity contribution in [3.05, 3.63) is 0 Å². The van der Waals surface area contributed by atoms with E-state index in [9.17, 15) is 14.4 Å². The van der Waals surface area contributed by atoms with E-state index >= 15 is 0 Å². The van der Waals surface area contributed by atoms with Crippen molar-refractivity contribution in [2.45, 2.75) is 77.4 Å². The van der Waals surface area contributed by atoms with Gasteiger partial charge in [0.2, 0.25) is 0 Å². The van der Waals surface area contributed by atoms with E-state index in [1.54, 1.807) is 7.11 Å². The summed E-state index contributed by atoms with van der Waals surface area (Å²) in [4.78, 5) is 39.8. The predicted molar refractivity (Wildman–Crippen MR) is 97.6 cm³/mol. The molecule has 2 amide bonds. The first-order valence-electron chi connectivity index (χ1n) is 9.52. The highest BCUT2D eigenvalue weighted by atomic mass is 16.7. The van der Waals surface area contributed by atoms with Gasteiger partial charge in [0.1, 0.15) is 0 Å². The second-order valence-corrected chi connectivity index (χ2v) is 7.28. The summed E-state index contributed by atoms with van der Waals surface area (Å²) in [5.74, 6) is -1.57. The molecule has 0 aromatic heterocycles. The van der Waals surface area contributed by atoms with Gasteiger partial charge in [-0.2, -0.15) is 0 Å². The summed E-state index contributed by atoms with van der Waals surface area (Å²) in [6.07, 6.45) is 2.17. The molecule has 1 heterocycles. The summed E-state index contributed by atoms with van der Waals surface area (Å²) in [6.45, 7) is 9.24. The summed E-state index contributed by atoms with van der Waals surface area (Å²) in [6, 6.07) is 0. The molecule has 0 spiro atoms. The van der Waals surface area contributed by atoms with Crippen LogP contribution in [0.25, 0.3) is 0 Å². The lowest BCUT2D eigenvalue weighted by molar-refractivity contribution is -0.198. The number of amides is 2. The van der Waals surface area contributed by atoms with Crippen LogP contribution in [0.1, 0.15) is 66.2 Å². The van der Waals surface area contributed by atoms with E-state index < -0.39 is 23.4 Å². The Balaban J connectivity index is 2.38. The molecule has 0 aromatic carbocycles. The molecule has 156 valence electrons. The molecule has 8 heteroatoms. The number of imide groups is 1. The number of hydrogen-bond acceptors (Lipinski definition) is 7. The zero-order valence-corrected chi connectivity index (χ0v) is 17.2. The van der Waals surface area contributed by atoms with E-state index in [4.69, 9.17) is 19.0 Å². The Morgan fingerprint density at radius 3 is 2.00 bits per heavy atom. The molecule has 0 saturated carbocycles. The van der Waals surface area contributed by atoms with Crippen molar-refractivity contribution in [3.8, 4) is 0 Å². The van der Waals surface area contributed by atoms with Gasteiger partial charge in [-0.05, 0) is 33.1 Å². The second kappa shape index (κ2) is 10.7. The predicted octanol–water partition coefficient (Wildman–Crippen LogP) is 2.39. The minimum Gasteiger partial charge on any atom is -0.382 e. The molecular weight excluding hydrogens is 354 g/mol. The second-order valence-electron chi connectivity index (χ2n) is 7.28. The van der Waals surface area contributed by atoms with Crippen molar-refractivity contribution in [1.29, 1.82) is 0 Å².